The lowest BCUT2D eigenvalue weighted by Gasteiger charge is -2.29. The maximum atomic E-state index is 11.8. The molecular formula is C9H15F3N2O2. The van der Waals surface area contributed by atoms with Gasteiger partial charge < -0.3 is 15.3 Å². The summed E-state index contributed by atoms with van der Waals surface area (Å²) in [6, 6.07) is 0. The zero-order valence-corrected chi connectivity index (χ0v) is 8.76. The SMILES string of the molecule is O=C(CNCC(F)(F)F)N1CCC(O)CC1. The lowest BCUT2D eigenvalue weighted by molar-refractivity contribution is -0.135. The van der Waals surface area contributed by atoms with Crippen molar-refractivity contribution in [3.05, 3.63) is 0 Å². The Balaban J connectivity index is 2.20. The first kappa shape index (κ1) is 13.2. The van der Waals surface area contributed by atoms with Crippen LogP contribution >= 0.6 is 0 Å². The van der Waals surface area contributed by atoms with Crippen LogP contribution in [0.3, 0.4) is 0 Å². The molecular weight excluding hydrogens is 225 g/mol. The molecule has 0 aliphatic carbocycles. The number of nitrogens with one attached hydrogen (secondary N) is 1. The molecule has 0 bridgehead atoms. The van der Waals surface area contributed by atoms with E-state index < -0.39 is 18.8 Å². The molecule has 0 radical (unpaired) electrons. The van der Waals surface area contributed by atoms with E-state index in [1.807, 2.05) is 0 Å². The van der Waals surface area contributed by atoms with Gasteiger partial charge in [0.1, 0.15) is 0 Å². The Bertz CT molecular complexity index is 237. The summed E-state index contributed by atoms with van der Waals surface area (Å²) < 4.78 is 35.3. The highest BCUT2D eigenvalue weighted by atomic mass is 19.4. The van der Waals surface area contributed by atoms with Crippen LogP contribution in [0, 0.1) is 0 Å². The van der Waals surface area contributed by atoms with Crippen LogP contribution in [-0.4, -0.2) is 54.4 Å². The summed E-state index contributed by atoms with van der Waals surface area (Å²) >= 11 is 0. The van der Waals surface area contributed by atoms with E-state index >= 15 is 0 Å². The van der Waals surface area contributed by atoms with E-state index in [4.69, 9.17) is 0 Å². The van der Waals surface area contributed by atoms with Gasteiger partial charge in [0.05, 0.1) is 19.2 Å². The molecule has 94 valence electrons. The molecule has 0 aromatic carbocycles. The molecule has 4 nitrogen and oxygen atoms in total. The Labute approximate surface area is 91.4 Å². The number of likely N-dealkylation sites (tertiary alicyclic amines) is 1. The third-order valence-electron chi connectivity index (χ3n) is 2.42. The average molecular weight is 240 g/mol. The van der Waals surface area contributed by atoms with Crippen molar-refractivity contribution in [2.75, 3.05) is 26.2 Å². The lowest BCUT2D eigenvalue weighted by Crippen LogP contribution is -2.45. The van der Waals surface area contributed by atoms with Crippen LogP contribution in [0.5, 0.6) is 0 Å². The van der Waals surface area contributed by atoms with Gasteiger partial charge in [0, 0.05) is 13.1 Å². The maximum absolute atomic E-state index is 11.8. The summed E-state index contributed by atoms with van der Waals surface area (Å²) in [6.45, 7) is -0.647. The van der Waals surface area contributed by atoms with E-state index in [0.29, 0.717) is 25.9 Å². The Morgan fingerprint density at radius 3 is 2.44 bits per heavy atom. The summed E-state index contributed by atoms with van der Waals surface area (Å²) in [5.74, 6) is -0.351. The zero-order valence-electron chi connectivity index (χ0n) is 8.76. The van der Waals surface area contributed by atoms with E-state index in [1.54, 1.807) is 0 Å². The van der Waals surface area contributed by atoms with Gasteiger partial charge in [-0.05, 0) is 12.8 Å². The summed E-state index contributed by atoms with van der Waals surface area (Å²) in [4.78, 5) is 12.9. The Morgan fingerprint density at radius 1 is 1.38 bits per heavy atom. The zero-order chi connectivity index (χ0) is 12.2. The molecule has 7 heteroatoms. The lowest BCUT2D eigenvalue weighted by atomic mass is 10.1. The van der Waals surface area contributed by atoms with Crippen molar-refractivity contribution in [1.29, 1.82) is 0 Å². The number of hydrogen-bond acceptors (Lipinski definition) is 3. The van der Waals surface area contributed by atoms with Crippen molar-refractivity contribution in [2.45, 2.75) is 25.1 Å². The number of nitrogens with zero attached hydrogens (tertiary/aromatic N) is 1. The minimum Gasteiger partial charge on any atom is -0.393 e. The van der Waals surface area contributed by atoms with Gasteiger partial charge in [0.25, 0.3) is 0 Å². The number of carbonyl (C=O) groups excluding carboxylic acids is 1. The number of piperidine rings is 1. The highest BCUT2D eigenvalue weighted by Gasteiger charge is 2.27. The van der Waals surface area contributed by atoms with Crippen LogP contribution in [0.1, 0.15) is 12.8 Å². The topological polar surface area (TPSA) is 52.6 Å². The van der Waals surface area contributed by atoms with Gasteiger partial charge in [0.15, 0.2) is 0 Å². The van der Waals surface area contributed by atoms with Gasteiger partial charge in [-0.1, -0.05) is 0 Å². The van der Waals surface area contributed by atoms with Crippen LogP contribution in [0.2, 0.25) is 0 Å². The first-order valence-electron chi connectivity index (χ1n) is 5.12. The fraction of sp³-hybridized carbons (Fsp3) is 0.889. The molecule has 1 aliphatic heterocycles. The highest BCUT2D eigenvalue weighted by Crippen LogP contribution is 2.12. The third kappa shape index (κ3) is 4.80. The second-order valence-corrected chi connectivity index (χ2v) is 3.83. The largest absolute Gasteiger partial charge is 0.401 e. The van der Waals surface area contributed by atoms with Crippen molar-refractivity contribution in [3.63, 3.8) is 0 Å². The quantitative estimate of drug-likeness (QED) is 0.737. The van der Waals surface area contributed by atoms with Crippen molar-refractivity contribution < 1.29 is 23.1 Å². The molecule has 0 saturated carbocycles. The minimum absolute atomic E-state index is 0.310. The van der Waals surface area contributed by atoms with Gasteiger partial charge in [-0.15, -0.1) is 0 Å². The van der Waals surface area contributed by atoms with E-state index in [0.717, 1.165) is 0 Å². The van der Waals surface area contributed by atoms with Gasteiger partial charge in [0.2, 0.25) is 5.91 Å². The number of aliphatic hydroxyl groups is 1. The van der Waals surface area contributed by atoms with Gasteiger partial charge >= 0.3 is 6.18 Å². The van der Waals surface area contributed by atoms with Crippen LogP contribution in [0.4, 0.5) is 13.2 Å². The van der Waals surface area contributed by atoms with E-state index in [-0.39, 0.29) is 12.5 Å². The Kier molecular flexibility index (Phi) is 4.55. The van der Waals surface area contributed by atoms with Crippen molar-refractivity contribution in [1.82, 2.24) is 10.2 Å². The smallest absolute Gasteiger partial charge is 0.393 e. The number of halogens is 3. The monoisotopic (exact) mass is 240 g/mol. The third-order valence-corrected chi connectivity index (χ3v) is 2.42. The van der Waals surface area contributed by atoms with Gasteiger partial charge in [-0.3, -0.25) is 4.79 Å². The number of aliphatic hydroxyl groups excluding tert-OH is 1. The molecule has 16 heavy (non-hydrogen) atoms. The summed E-state index contributed by atoms with van der Waals surface area (Å²) in [7, 11) is 0. The van der Waals surface area contributed by atoms with Crippen LogP contribution in [-0.2, 0) is 4.79 Å². The van der Waals surface area contributed by atoms with Crippen LogP contribution in [0.25, 0.3) is 0 Å². The molecule has 0 aromatic heterocycles. The van der Waals surface area contributed by atoms with E-state index in [2.05, 4.69) is 5.32 Å². The van der Waals surface area contributed by atoms with Gasteiger partial charge in [-0.25, -0.2) is 0 Å². The van der Waals surface area contributed by atoms with Crippen molar-refractivity contribution in [3.8, 4) is 0 Å². The molecule has 0 unspecified atom stereocenters. The fourth-order valence-corrected chi connectivity index (χ4v) is 1.54. The second kappa shape index (κ2) is 5.49. The number of alkyl halides is 3. The average Bonchev–Trinajstić information content (AvgIpc) is 2.16. The molecule has 2 N–H and O–H groups in total. The van der Waals surface area contributed by atoms with E-state index in [1.165, 1.54) is 4.90 Å². The molecule has 1 heterocycles. The van der Waals surface area contributed by atoms with Crippen molar-refractivity contribution >= 4 is 5.91 Å². The van der Waals surface area contributed by atoms with Crippen LogP contribution in [0.15, 0.2) is 0 Å². The molecule has 0 atom stereocenters. The molecule has 1 rings (SSSR count). The van der Waals surface area contributed by atoms with Crippen LogP contribution < -0.4 is 5.32 Å². The molecule has 0 spiro atoms. The first-order chi connectivity index (χ1) is 7.38. The summed E-state index contributed by atoms with van der Waals surface area (Å²) in [5, 5.41) is 11.2. The molecule has 1 saturated heterocycles. The second-order valence-electron chi connectivity index (χ2n) is 3.83. The number of carbonyl (C=O) groups is 1. The Hall–Kier alpha value is -0.820. The minimum atomic E-state index is -4.29. The predicted molar refractivity (Wildman–Crippen MR) is 50.7 cm³/mol. The molecule has 1 fully saturated rings. The molecule has 1 aliphatic rings. The number of hydrogen-bond donors (Lipinski definition) is 2. The first-order valence-corrected chi connectivity index (χ1v) is 5.12. The number of rotatable bonds is 3. The van der Waals surface area contributed by atoms with E-state index in [9.17, 15) is 23.1 Å². The van der Waals surface area contributed by atoms with Crippen molar-refractivity contribution in [2.24, 2.45) is 0 Å². The predicted octanol–water partition coefficient (Wildman–Crippen LogP) is 0.122. The summed E-state index contributed by atoms with van der Waals surface area (Å²) in [6.07, 6.45) is -3.71. The van der Waals surface area contributed by atoms with Gasteiger partial charge in [-0.2, -0.15) is 13.2 Å². The normalized spacial score (nSPS) is 18.9. The standard InChI is InChI=1S/C9H15F3N2O2/c10-9(11,12)6-13-5-8(16)14-3-1-7(15)2-4-14/h7,13,15H,1-6H2. The fourth-order valence-electron chi connectivity index (χ4n) is 1.54. The summed E-state index contributed by atoms with van der Waals surface area (Å²) in [5.41, 5.74) is 0. The molecule has 0 aromatic rings. The number of amides is 1. The highest BCUT2D eigenvalue weighted by molar-refractivity contribution is 5.78. The Morgan fingerprint density at radius 2 is 1.94 bits per heavy atom. The maximum Gasteiger partial charge on any atom is 0.401 e. The molecule has 1 amide bonds.